The van der Waals surface area contributed by atoms with Crippen LogP contribution in [-0.4, -0.2) is 41.1 Å². The van der Waals surface area contributed by atoms with E-state index in [4.69, 9.17) is 4.98 Å². The molecule has 4 nitrogen and oxygen atoms in total. The molecule has 0 radical (unpaired) electrons. The van der Waals surface area contributed by atoms with Crippen LogP contribution in [0.2, 0.25) is 0 Å². The van der Waals surface area contributed by atoms with Gasteiger partial charge >= 0.3 is 0 Å². The van der Waals surface area contributed by atoms with Gasteiger partial charge in [-0.3, -0.25) is 0 Å². The molecule has 2 heterocycles. The molecule has 0 bridgehead atoms. The topological polar surface area (TPSA) is 33.1 Å². The number of hydrogen-bond acceptors (Lipinski definition) is 3. The molecule has 3 rings (SSSR count). The highest BCUT2D eigenvalue weighted by Gasteiger charge is 2.16. The maximum absolute atomic E-state index is 4.70. The lowest BCUT2D eigenvalue weighted by molar-refractivity contribution is 0.215. The predicted octanol–water partition coefficient (Wildman–Crippen LogP) is 2.00. The lowest BCUT2D eigenvalue weighted by atomic mass is 9.97. The van der Waals surface area contributed by atoms with E-state index in [2.05, 4.69) is 47.1 Å². The zero-order chi connectivity index (χ0) is 13.9. The highest BCUT2D eigenvalue weighted by molar-refractivity contribution is 5.75. The largest absolute Gasteiger partial charge is 0.330 e. The average molecular weight is 272 g/mol. The van der Waals surface area contributed by atoms with Crippen molar-refractivity contribution < 1.29 is 0 Å². The number of hydrogen-bond donors (Lipinski definition) is 1. The van der Waals surface area contributed by atoms with Crippen molar-refractivity contribution in [3.63, 3.8) is 0 Å². The summed E-state index contributed by atoms with van der Waals surface area (Å²) < 4.78 is 2.19. The maximum atomic E-state index is 4.70. The third-order valence-corrected chi connectivity index (χ3v) is 4.43. The molecule has 1 aromatic heterocycles. The van der Waals surface area contributed by atoms with E-state index < -0.39 is 0 Å². The zero-order valence-electron chi connectivity index (χ0n) is 12.5. The minimum Gasteiger partial charge on any atom is -0.330 e. The van der Waals surface area contributed by atoms with Gasteiger partial charge in [0.1, 0.15) is 5.82 Å². The van der Waals surface area contributed by atoms with Crippen molar-refractivity contribution in [1.82, 2.24) is 19.8 Å². The molecule has 1 N–H and O–H groups in total. The lowest BCUT2D eigenvalue weighted by Gasteiger charge is -2.28. The molecule has 1 aliphatic rings. The summed E-state index contributed by atoms with van der Waals surface area (Å²) in [4.78, 5) is 7.12. The van der Waals surface area contributed by atoms with Crippen LogP contribution in [0.15, 0.2) is 24.3 Å². The summed E-state index contributed by atoms with van der Waals surface area (Å²) in [6.07, 6.45) is 2.62. The van der Waals surface area contributed by atoms with E-state index in [9.17, 15) is 0 Å². The normalized spacial score (nSPS) is 17.9. The third-order valence-electron chi connectivity index (χ3n) is 4.43. The quantitative estimate of drug-likeness (QED) is 0.924. The number of fused-ring (bicyclic) bond motifs is 1. The van der Waals surface area contributed by atoms with Crippen molar-refractivity contribution in [2.75, 3.05) is 26.7 Å². The van der Waals surface area contributed by atoms with Crippen LogP contribution in [0.3, 0.4) is 0 Å². The van der Waals surface area contributed by atoms with Gasteiger partial charge in [0.25, 0.3) is 0 Å². The smallest absolute Gasteiger partial charge is 0.123 e. The standard InChI is InChI=1S/C16H24N4/c1-19-9-7-13(8-10-19)11-17-12-16-18-14-5-3-4-6-15(14)20(16)2/h3-6,13,17H,7-12H2,1-2H3. The number of rotatable bonds is 4. The Bertz CT molecular complexity index is 567. The summed E-state index contributed by atoms with van der Waals surface area (Å²) in [5.41, 5.74) is 2.30. The Kier molecular flexibility index (Phi) is 4.03. The Balaban J connectivity index is 1.56. The van der Waals surface area contributed by atoms with E-state index in [1.807, 2.05) is 6.07 Å². The van der Waals surface area contributed by atoms with Crippen LogP contribution in [-0.2, 0) is 13.6 Å². The molecule has 0 atom stereocenters. The minimum atomic E-state index is 0.820. The van der Waals surface area contributed by atoms with Crippen molar-refractivity contribution in [1.29, 1.82) is 0 Å². The Morgan fingerprint density at radius 3 is 2.70 bits per heavy atom. The molecule has 108 valence electrons. The van der Waals surface area contributed by atoms with Crippen LogP contribution in [0.4, 0.5) is 0 Å². The van der Waals surface area contributed by atoms with Crippen LogP contribution >= 0.6 is 0 Å². The van der Waals surface area contributed by atoms with Crippen LogP contribution in [0, 0.1) is 5.92 Å². The summed E-state index contributed by atoms with van der Waals surface area (Å²) in [5, 5.41) is 3.59. The van der Waals surface area contributed by atoms with Gasteiger partial charge in [0.2, 0.25) is 0 Å². The van der Waals surface area contributed by atoms with Crippen molar-refractivity contribution in [2.45, 2.75) is 19.4 Å². The fourth-order valence-electron chi connectivity index (χ4n) is 3.01. The molecule has 4 heteroatoms. The first-order valence-electron chi connectivity index (χ1n) is 7.53. The number of aromatic nitrogens is 2. The zero-order valence-corrected chi connectivity index (χ0v) is 12.5. The van der Waals surface area contributed by atoms with Crippen molar-refractivity contribution >= 4 is 11.0 Å². The van der Waals surface area contributed by atoms with Gasteiger partial charge in [-0.15, -0.1) is 0 Å². The van der Waals surface area contributed by atoms with Gasteiger partial charge in [-0.2, -0.15) is 0 Å². The number of nitrogens with zero attached hydrogens (tertiary/aromatic N) is 3. The number of para-hydroxylation sites is 2. The summed E-state index contributed by atoms with van der Waals surface area (Å²) in [7, 11) is 4.31. The van der Waals surface area contributed by atoms with E-state index in [1.54, 1.807) is 0 Å². The monoisotopic (exact) mass is 272 g/mol. The van der Waals surface area contributed by atoms with Gasteiger partial charge in [0, 0.05) is 7.05 Å². The van der Waals surface area contributed by atoms with Crippen molar-refractivity contribution in [3.05, 3.63) is 30.1 Å². The van der Waals surface area contributed by atoms with Crippen LogP contribution < -0.4 is 5.32 Å². The first-order chi connectivity index (χ1) is 9.74. The van der Waals surface area contributed by atoms with Gasteiger partial charge in [0.15, 0.2) is 0 Å². The lowest BCUT2D eigenvalue weighted by Crippen LogP contribution is -2.35. The summed E-state index contributed by atoms with van der Waals surface area (Å²) >= 11 is 0. The van der Waals surface area contributed by atoms with Crippen LogP contribution in [0.1, 0.15) is 18.7 Å². The molecule has 1 saturated heterocycles. The van der Waals surface area contributed by atoms with E-state index in [0.717, 1.165) is 30.3 Å². The summed E-state index contributed by atoms with van der Waals surface area (Å²) in [6.45, 7) is 4.44. The molecule has 0 amide bonds. The second kappa shape index (κ2) is 5.94. The third kappa shape index (κ3) is 2.86. The SMILES string of the molecule is CN1CCC(CNCc2nc3ccccc3n2C)CC1. The predicted molar refractivity (Wildman–Crippen MR) is 82.6 cm³/mol. The Morgan fingerprint density at radius 1 is 1.20 bits per heavy atom. The number of imidazole rings is 1. The van der Waals surface area contributed by atoms with Gasteiger partial charge in [-0.05, 0) is 57.6 Å². The number of nitrogens with one attached hydrogen (secondary N) is 1. The van der Waals surface area contributed by atoms with E-state index in [-0.39, 0.29) is 0 Å². The maximum Gasteiger partial charge on any atom is 0.123 e. The molecule has 0 saturated carbocycles. The Hall–Kier alpha value is -1.39. The van der Waals surface area contributed by atoms with E-state index in [1.165, 1.54) is 31.4 Å². The first kappa shape index (κ1) is 13.6. The number of aryl methyl sites for hydroxylation is 1. The minimum absolute atomic E-state index is 0.820. The van der Waals surface area contributed by atoms with Crippen molar-refractivity contribution in [2.24, 2.45) is 13.0 Å². The highest BCUT2D eigenvalue weighted by Crippen LogP contribution is 2.16. The molecule has 0 unspecified atom stereocenters. The average Bonchev–Trinajstić information content (AvgIpc) is 2.78. The number of piperidine rings is 1. The first-order valence-corrected chi connectivity index (χ1v) is 7.53. The number of benzene rings is 1. The van der Waals surface area contributed by atoms with Crippen LogP contribution in [0.5, 0.6) is 0 Å². The second-order valence-corrected chi connectivity index (χ2v) is 5.95. The Labute approximate surface area is 120 Å². The fourth-order valence-corrected chi connectivity index (χ4v) is 3.01. The molecule has 0 aliphatic carbocycles. The fraction of sp³-hybridized carbons (Fsp3) is 0.562. The highest BCUT2D eigenvalue weighted by atomic mass is 15.1. The molecule has 0 spiro atoms. The summed E-state index contributed by atoms with van der Waals surface area (Å²) in [5.74, 6) is 1.94. The van der Waals surface area contributed by atoms with Crippen molar-refractivity contribution in [3.8, 4) is 0 Å². The van der Waals surface area contributed by atoms with Gasteiger partial charge in [-0.1, -0.05) is 12.1 Å². The number of likely N-dealkylation sites (tertiary alicyclic amines) is 1. The van der Waals surface area contributed by atoms with Gasteiger partial charge < -0.3 is 14.8 Å². The molecule has 20 heavy (non-hydrogen) atoms. The molecular formula is C16H24N4. The van der Waals surface area contributed by atoms with E-state index in [0.29, 0.717) is 0 Å². The molecule has 2 aromatic rings. The van der Waals surface area contributed by atoms with E-state index >= 15 is 0 Å². The molecule has 1 aromatic carbocycles. The molecule has 1 fully saturated rings. The van der Waals surface area contributed by atoms with Gasteiger partial charge in [0.05, 0.1) is 17.6 Å². The molecular weight excluding hydrogens is 248 g/mol. The summed E-state index contributed by atoms with van der Waals surface area (Å²) in [6, 6.07) is 8.32. The van der Waals surface area contributed by atoms with Crippen LogP contribution in [0.25, 0.3) is 11.0 Å². The Morgan fingerprint density at radius 2 is 1.95 bits per heavy atom. The second-order valence-electron chi connectivity index (χ2n) is 5.95. The van der Waals surface area contributed by atoms with Gasteiger partial charge in [-0.25, -0.2) is 4.98 Å². The molecule has 1 aliphatic heterocycles.